The molecular formula is C26H46O. The number of ether oxygens (including phenoxy) is 1. The fraction of sp³-hybridized carbons (Fsp3) is 0.769. The van der Waals surface area contributed by atoms with E-state index in [1.807, 2.05) is 0 Å². The van der Waals surface area contributed by atoms with Gasteiger partial charge in [0, 0.05) is 13.2 Å². The zero-order chi connectivity index (χ0) is 19.6. The van der Waals surface area contributed by atoms with E-state index in [0.717, 1.165) is 13.2 Å². The summed E-state index contributed by atoms with van der Waals surface area (Å²) in [5, 5.41) is 0. The molecule has 0 aliphatic heterocycles. The summed E-state index contributed by atoms with van der Waals surface area (Å²) in [4.78, 5) is 0. The summed E-state index contributed by atoms with van der Waals surface area (Å²) in [6, 6.07) is 10.9. The van der Waals surface area contributed by atoms with E-state index in [2.05, 4.69) is 51.1 Å². The minimum atomic E-state index is 0.450. The van der Waals surface area contributed by atoms with Crippen molar-refractivity contribution in [3.8, 4) is 0 Å². The average molecular weight is 375 g/mol. The molecule has 0 unspecified atom stereocenters. The van der Waals surface area contributed by atoms with Gasteiger partial charge in [0.15, 0.2) is 0 Å². The molecule has 1 nitrogen and oxygen atoms in total. The van der Waals surface area contributed by atoms with Crippen molar-refractivity contribution in [3.63, 3.8) is 0 Å². The first-order valence-electron chi connectivity index (χ1n) is 11.7. The first-order chi connectivity index (χ1) is 13.1. The van der Waals surface area contributed by atoms with Gasteiger partial charge in [-0.3, -0.25) is 0 Å². The van der Waals surface area contributed by atoms with Gasteiger partial charge in [-0.2, -0.15) is 0 Å². The lowest BCUT2D eigenvalue weighted by Crippen LogP contribution is -2.07. The zero-order valence-electron chi connectivity index (χ0n) is 18.6. The van der Waals surface area contributed by atoms with Crippen molar-refractivity contribution < 1.29 is 4.74 Å². The predicted octanol–water partition coefficient (Wildman–Crippen LogP) is 8.36. The van der Waals surface area contributed by atoms with Gasteiger partial charge in [0.05, 0.1) is 0 Å². The van der Waals surface area contributed by atoms with E-state index in [0.29, 0.717) is 5.41 Å². The summed E-state index contributed by atoms with van der Waals surface area (Å²) in [6.45, 7) is 8.83. The van der Waals surface area contributed by atoms with Crippen LogP contribution in [0.3, 0.4) is 0 Å². The SMILES string of the molecule is CC(C)(C)CCCOCCCCCCCCCCCCCc1ccccc1. The third kappa shape index (κ3) is 17.0. The van der Waals surface area contributed by atoms with Gasteiger partial charge in [-0.25, -0.2) is 0 Å². The highest BCUT2D eigenvalue weighted by molar-refractivity contribution is 5.14. The minimum Gasteiger partial charge on any atom is -0.381 e. The minimum absolute atomic E-state index is 0.450. The highest BCUT2D eigenvalue weighted by Gasteiger charge is 2.08. The number of benzene rings is 1. The Morgan fingerprint density at radius 3 is 1.63 bits per heavy atom. The molecule has 1 heteroatoms. The molecule has 156 valence electrons. The Morgan fingerprint density at radius 2 is 1.07 bits per heavy atom. The van der Waals surface area contributed by atoms with Gasteiger partial charge in [-0.1, -0.05) is 109 Å². The Kier molecular flexibility index (Phi) is 14.5. The Hall–Kier alpha value is -0.820. The van der Waals surface area contributed by atoms with Gasteiger partial charge >= 0.3 is 0 Å². The fourth-order valence-electron chi connectivity index (χ4n) is 3.58. The monoisotopic (exact) mass is 374 g/mol. The van der Waals surface area contributed by atoms with E-state index >= 15 is 0 Å². The maximum absolute atomic E-state index is 5.75. The Morgan fingerprint density at radius 1 is 0.593 bits per heavy atom. The first-order valence-corrected chi connectivity index (χ1v) is 11.7. The molecule has 0 atom stereocenters. The van der Waals surface area contributed by atoms with Crippen molar-refractivity contribution in [1.29, 1.82) is 0 Å². The molecule has 1 aromatic rings. The van der Waals surface area contributed by atoms with Crippen LogP contribution in [-0.4, -0.2) is 13.2 Å². The molecule has 0 bridgehead atoms. The van der Waals surface area contributed by atoms with Gasteiger partial charge < -0.3 is 4.74 Å². The molecule has 0 aliphatic carbocycles. The summed E-state index contributed by atoms with van der Waals surface area (Å²) >= 11 is 0. The predicted molar refractivity (Wildman–Crippen MR) is 120 cm³/mol. The van der Waals surface area contributed by atoms with Crippen molar-refractivity contribution in [2.75, 3.05) is 13.2 Å². The second-order valence-corrected chi connectivity index (χ2v) is 9.40. The van der Waals surface area contributed by atoms with Crippen LogP contribution in [0.15, 0.2) is 30.3 Å². The smallest absolute Gasteiger partial charge is 0.0466 e. The third-order valence-corrected chi connectivity index (χ3v) is 5.31. The van der Waals surface area contributed by atoms with E-state index in [9.17, 15) is 0 Å². The molecule has 0 heterocycles. The second-order valence-electron chi connectivity index (χ2n) is 9.40. The highest BCUT2D eigenvalue weighted by Crippen LogP contribution is 2.20. The Bertz CT molecular complexity index is 418. The summed E-state index contributed by atoms with van der Waals surface area (Å²) in [5.74, 6) is 0. The highest BCUT2D eigenvalue weighted by atomic mass is 16.5. The van der Waals surface area contributed by atoms with Crippen LogP contribution in [0.2, 0.25) is 0 Å². The number of hydrogen-bond acceptors (Lipinski definition) is 1. The van der Waals surface area contributed by atoms with E-state index in [1.54, 1.807) is 0 Å². The molecule has 0 radical (unpaired) electrons. The van der Waals surface area contributed by atoms with Crippen LogP contribution in [0.1, 0.15) is 110 Å². The Labute approximate surface area is 170 Å². The van der Waals surface area contributed by atoms with Crippen molar-refractivity contribution in [1.82, 2.24) is 0 Å². The maximum Gasteiger partial charge on any atom is 0.0466 e. The van der Waals surface area contributed by atoms with Crippen LogP contribution in [0.5, 0.6) is 0 Å². The van der Waals surface area contributed by atoms with Gasteiger partial charge in [-0.15, -0.1) is 0 Å². The maximum atomic E-state index is 5.75. The molecule has 0 spiro atoms. The third-order valence-electron chi connectivity index (χ3n) is 5.31. The average Bonchev–Trinajstić information content (AvgIpc) is 2.64. The molecule has 0 N–H and O–H groups in total. The van der Waals surface area contributed by atoms with Crippen molar-refractivity contribution in [2.45, 2.75) is 111 Å². The molecule has 0 aromatic heterocycles. The zero-order valence-corrected chi connectivity index (χ0v) is 18.6. The number of hydrogen-bond donors (Lipinski definition) is 0. The number of unbranched alkanes of at least 4 members (excludes halogenated alkanes) is 10. The molecule has 0 saturated heterocycles. The fourth-order valence-corrected chi connectivity index (χ4v) is 3.58. The Balaban J connectivity index is 1.71. The lowest BCUT2D eigenvalue weighted by atomic mass is 9.91. The standard InChI is InChI=1S/C26H46O/c1-26(2,3)22-18-24-27-23-17-12-10-8-6-4-5-7-9-11-14-19-25-20-15-13-16-21-25/h13,15-16,20-21H,4-12,14,17-19,22-24H2,1-3H3. The summed E-state index contributed by atoms with van der Waals surface area (Å²) in [6.07, 6.45) is 19.0. The summed E-state index contributed by atoms with van der Waals surface area (Å²) < 4.78 is 5.75. The molecule has 0 fully saturated rings. The van der Waals surface area contributed by atoms with Crippen LogP contribution in [0.4, 0.5) is 0 Å². The first kappa shape index (κ1) is 24.2. The van der Waals surface area contributed by atoms with Crippen molar-refractivity contribution in [2.24, 2.45) is 5.41 Å². The molecular weight excluding hydrogens is 328 g/mol. The van der Waals surface area contributed by atoms with E-state index in [1.165, 1.54) is 95.5 Å². The topological polar surface area (TPSA) is 9.23 Å². The van der Waals surface area contributed by atoms with Crippen LogP contribution in [-0.2, 0) is 11.2 Å². The molecule has 0 saturated carbocycles. The summed E-state index contributed by atoms with van der Waals surface area (Å²) in [7, 11) is 0. The number of aryl methyl sites for hydroxylation is 1. The molecule has 0 amide bonds. The molecule has 27 heavy (non-hydrogen) atoms. The largest absolute Gasteiger partial charge is 0.381 e. The van der Waals surface area contributed by atoms with E-state index in [4.69, 9.17) is 4.74 Å². The van der Waals surface area contributed by atoms with Crippen LogP contribution >= 0.6 is 0 Å². The van der Waals surface area contributed by atoms with Gasteiger partial charge in [-0.05, 0) is 43.1 Å². The molecule has 1 rings (SSSR count). The van der Waals surface area contributed by atoms with Crippen LogP contribution in [0, 0.1) is 5.41 Å². The normalized spacial score (nSPS) is 11.8. The summed E-state index contributed by atoms with van der Waals surface area (Å²) in [5.41, 5.74) is 1.94. The van der Waals surface area contributed by atoms with Crippen LogP contribution < -0.4 is 0 Å². The lowest BCUT2D eigenvalue weighted by Gasteiger charge is -2.17. The van der Waals surface area contributed by atoms with Gasteiger partial charge in [0.25, 0.3) is 0 Å². The van der Waals surface area contributed by atoms with E-state index < -0.39 is 0 Å². The quantitative estimate of drug-likeness (QED) is 0.249. The second kappa shape index (κ2) is 16.2. The van der Waals surface area contributed by atoms with E-state index in [-0.39, 0.29) is 0 Å². The van der Waals surface area contributed by atoms with Gasteiger partial charge in [0.2, 0.25) is 0 Å². The van der Waals surface area contributed by atoms with Gasteiger partial charge in [0.1, 0.15) is 0 Å². The van der Waals surface area contributed by atoms with Crippen molar-refractivity contribution in [3.05, 3.63) is 35.9 Å². The van der Waals surface area contributed by atoms with Crippen molar-refractivity contribution >= 4 is 0 Å². The molecule has 0 aliphatic rings. The van der Waals surface area contributed by atoms with Crippen LogP contribution in [0.25, 0.3) is 0 Å². The lowest BCUT2D eigenvalue weighted by molar-refractivity contribution is 0.118. The number of rotatable bonds is 17. The molecule has 1 aromatic carbocycles.